The number of hydrogen-bond acceptors (Lipinski definition) is 4. The lowest BCUT2D eigenvalue weighted by molar-refractivity contribution is 0.0946. The van der Waals surface area contributed by atoms with Crippen LogP contribution in [0.3, 0.4) is 0 Å². The molecule has 9 heteroatoms. The van der Waals surface area contributed by atoms with Crippen LogP contribution < -0.4 is 10.6 Å². The molecular formula is C21H27FN6O2. The predicted octanol–water partition coefficient (Wildman–Crippen LogP) is 3.03. The summed E-state index contributed by atoms with van der Waals surface area (Å²) in [6.07, 6.45) is 7.54. The van der Waals surface area contributed by atoms with Gasteiger partial charge in [0.1, 0.15) is 5.82 Å². The van der Waals surface area contributed by atoms with Gasteiger partial charge in [0, 0.05) is 25.7 Å². The van der Waals surface area contributed by atoms with E-state index in [4.69, 9.17) is 0 Å². The van der Waals surface area contributed by atoms with Crippen molar-refractivity contribution in [3.8, 4) is 0 Å². The number of anilines is 1. The number of urea groups is 1. The van der Waals surface area contributed by atoms with Crippen LogP contribution in [0.4, 0.5) is 14.9 Å². The first-order valence-corrected chi connectivity index (χ1v) is 10.6. The number of carbonyl (C=O) groups excluding carboxylic acids is 2. The zero-order chi connectivity index (χ0) is 20.9. The van der Waals surface area contributed by atoms with Crippen LogP contribution in [0.2, 0.25) is 0 Å². The van der Waals surface area contributed by atoms with E-state index in [1.165, 1.54) is 18.9 Å². The Balaban J connectivity index is 1.31. The molecule has 2 fully saturated rings. The van der Waals surface area contributed by atoms with Gasteiger partial charge in [-0.1, -0.05) is 17.3 Å². The number of nitrogens with one attached hydrogen (secondary N) is 2. The molecule has 8 nitrogen and oxygen atoms in total. The average molecular weight is 414 g/mol. The van der Waals surface area contributed by atoms with E-state index in [2.05, 4.69) is 20.9 Å². The van der Waals surface area contributed by atoms with Crippen LogP contribution in [0.5, 0.6) is 0 Å². The second-order valence-electron chi connectivity index (χ2n) is 8.06. The molecule has 1 unspecified atom stereocenters. The number of likely N-dealkylation sites (tertiary alicyclic amines) is 1. The number of carbonyl (C=O) groups is 2. The first-order chi connectivity index (χ1) is 14.6. The van der Waals surface area contributed by atoms with Gasteiger partial charge in [0.25, 0.3) is 5.91 Å². The number of hydrogen-bond donors (Lipinski definition) is 2. The van der Waals surface area contributed by atoms with Crippen molar-refractivity contribution in [1.29, 1.82) is 0 Å². The minimum atomic E-state index is -0.450. The molecule has 2 aliphatic rings. The molecule has 1 aliphatic carbocycles. The first-order valence-electron chi connectivity index (χ1n) is 10.6. The van der Waals surface area contributed by atoms with Crippen molar-refractivity contribution in [2.75, 3.05) is 18.4 Å². The molecule has 1 aromatic carbocycles. The number of aryl methyl sites for hydroxylation is 1. The van der Waals surface area contributed by atoms with Gasteiger partial charge in [-0.2, -0.15) is 0 Å². The fourth-order valence-electron chi connectivity index (χ4n) is 3.76. The zero-order valence-corrected chi connectivity index (χ0v) is 16.9. The van der Waals surface area contributed by atoms with Crippen LogP contribution >= 0.6 is 0 Å². The molecule has 1 atom stereocenters. The van der Waals surface area contributed by atoms with E-state index >= 15 is 0 Å². The van der Waals surface area contributed by atoms with Crippen LogP contribution in [0.1, 0.15) is 49.0 Å². The molecule has 4 rings (SSSR count). The lowest BCUT2D eigenvalue weighted by Gasteiger charge is -2.35. The van der Waals surface area contributed by atoms with Crippen molar-refractivity contribution >= 4 is 17.6 Å². The van der Waals surface area contributed by atoms with Crippen molar-refractivity contribution in [2.24, 2.45) is 5.92 Å². The third-order valence-electron chi connectivity index (χ3n) is 5.71. The van der Waals surface area contributed by atoms with Crippen LogP contribution in [0, 0.1) is 11.7 Å². The summed E-state index contributed by atoms with van der Waals surface area (Å²) in [6, 6.07) is 5.90. The Morgan fingerprint density at radius 1 is 1.17 bits per heavy atom. The van der Waals surface area contributed by atoms with Crippen molar-refractivity contribution in [3.63, 3.8) is 0 Å². The molecule has 160 valence electrons. The van der Waals surface area contributed by atoms with E-state index in [-0.39, 0.29) is 23.7 Å². The van der Waals surface area contributed by atoms with Gasteiger partial charge in [0.15, 0.2) is 5.69 Å². The lowest BCUT2D eigenvalue weighted by atomic mass is 10.00. The fourth-order valence-corrected chi connectivity index (χ4v) is 3.76. The minimum Gasteiger partial charge on any atom is -0.350 e. The zero-order valence-electron chi connectivity index (χ0n) is 16.9. The molecule has 1 aliphatic heterocycles. The van der Waals surface area contributed by atoms with Gasteiger partial charge in [-0.15, -0.1) is 5.10 Å². The predicted molar refractivity (Wildman–Crippen MR) is 109 cm³/mol. The van der Waals surface area contributed by atoms with E-state index < -0.39 is 5.82 Å². The summed E-state index contributed by atoms with van der Waals surface area (Å²) in [5.74, 6) is -0.0389. The maximum absolute atomic E-state index is 13.9. The van der Waals surface area contributed by atoms with Gasteiger partial charge in [0.05, 0.1) is 11.9 Å². The Morgan fingerprint density at radius 2 is 2.00 bits per heavy atom. The highest BCUT2D eigenvalue weighted by Gasteiger charge is 2.27. The van der Waals surface area contributed by atoms with Crippen molar-refractivity contribution in [3.05, 3.63) is 42.0 Å². The van der Waals surface area contributed by atoms with Crippen LogP contribution in [-0.2, 0) is 6.54 Å². The summed E-state index contributed by atoms with van der Waals surface area (Å²) in [6.45, 7) is 1.88. The van der Waals surface area contributed by atoms with Gasteiger partial charge in [0.2, 0.25) is 0 Å². The molecule has 0 radical (unpaired) electrons. The van der Waals surface area contributed by atoms with Crippen LogP contribution in [0.25, 0.3) is 0 Å². The number of para-hydroxylation sites is 1. The van der Waals surface area contributed by atoms with Crippen molar-refractivity contribution in [2.45, 2.75) is 51.1 Å². The number of piperidine rings is 1. The summed E-state index contributed by atoms with van der Waals surface area (Å²) >= 11 is 0. The third-order valence-corrected chi connectivity index (χ3v) is 5.71. The highest BCUT2D eigenvalue weighted by Crippen LogP contribution is 2.27. The lowest BCUT2D eigenvalue weighted by Crippen LogP contribution is -2.46. The third kappa shape index (κ3) is 5.14. The van der Waals surface area contributed by atoms with Gasteiger partial charge >= 0.3 is 6.03 Å². The molecule has 0 spiro atoms. The quantitative estimate of drug-likeness (QED) is 0.728. The smallest absolute Gasteiger partial charge is 0.322 e. The Kier molecular flexibility index (Phi) is 6.25. The molecular weight excluding hydrogens is 387 g/mol. The summed E-state index contributed by atoms with van der Waals surface area (Å²) in [4.78, 5) is 26.6. The van der Waals surface area contributed by atoms with E-state index in [1.807, 2.05) is 0 Å². The second-order valence-corrected chi connectivity index (χ2v) is 8.06. The number of aromatic nitrogens is 3. The number of amides is 3. The summed E-state index contributed by atoms with van der Waals surface area (Å²) in [5, 5.41) is 13.6. The summed E-state index contributed by atoms with van der Waals surface area (Å²) in [7, 11) is 0. The number of rotatable bonds is 7. The molecule has 1 aromatic heterocycles. The average Bonchev–Trinajstić information content (AvgIpc) is 3.47. The topological polar surface area (TPSA) is 92.2 Å². The molecule has 2 aromatic rings. The minimum absolute atomic E-state index is 0.0295. The van der Waals surface area contributed by atoms with Gasteiger partial charge in [-0.3, -0.25) is 9.48 Å². The van der Waals surface area contributed by atoms with Crippen LogP contribution in [-0.4, -0.2) is 51.0 Å². The first kappa shape index (κ1) is 20.3. The highest BCUT2D eigenvalue weighted by molar-refractivity contribution is 5.91. The Morgan fingerprint density at radius 3 is 2.80 bits per heavy atom. The maximum atomic E-state index is 13.9. The Bertz CT molecular complexity index is 897. The largest absolute Gasteiger partial charge is 0.350 e. The molecule has 3 amide bonds. The normalized spacial score (nSPS) is 18.8. The van der Waals surface area contributed by atoms with E-state index in [1.54, 1.807) is 34.0 Å². The van der Waals surface area contributed by atoms with E-state index in [0.717, 1.165) is 19.3 Å². The molecule has 0 bridgehead atoms. The number of halogens is 1. The van der Waals surface area contributed by atoms with Crippen LogP contribution in [0.15, 0.2) is 30.5 Å². The molecule has 2 heterocycles. The van der Waals surface area contributed by atoms with Gasteiger partial charge < -0.3 is 15.5 Å². The molecule has 1 saturated heterocycles. The van der Waals surface area contributed by atoms with Gasteiger partial charge in [-0.25, -0.2) is 9.18 Å². The fraction of sp³-hybridized carbons (Fsp3) is 0.524. The number of benzene rings is 1. The van der Waals surface area contributed by atoms with E-state index in [0.29, 0.717) is 37.7 Å². The summed E-state index contributed by atoms with van der Waals surface area (Å²) in [5.41, 5.74) is 0.499. The maximum Gasteiger partial charge on any atom is 0.322 e. The SMILES string of the molecule is O=C(NCC1CC1)c1cn(CCC2CCCCN2C(=O)Nc2ccccc2F)nn1. The van der Waals surface area contributed by atoms with Crippen molar-refractivity contribution in [1.82, 2.24) is 25.2 Å². The molecule has 30 heavy (non-hydrogen) atoms. The number of nitrogens with zero attached hydrogens (tertiary/aromatic N) is 4. The second kappa shape index (κ2) is 9.23. The Hall–Kier alpha value is -2.97. The molecule has 1 saturated carbocycles. The van der Waals surface area contributed by atoms with Gasteiger partial charge in [-0.05, 0) is 56.6 Å². The highest BCUT2D eigenvalue weighted by atomic mass is 19.1. The molecule has 2 N–H and O–H groups in total. The summed E-state index contributed by atoms with van der Waals surface area (Å²) < 4.78 is 15.5. The van der Waals surface area contributed by atoms with Crippen molar-refractivity contribution < 1.29 is 14.0 Å². The Labute approximate surface area is 174 Å². The van der Waals surface area contributed by atoms with E-state index in [9.17, 15) is 14.0 Å². The standard InChI is InChI=1S/C21H27FN6O2/c22-17-6-1-2-7-18(17)24-21(30)28-11-4-3-5-16(28)10-12-27-14-19(25-26-27)20(29)23-13-15-8-9-15/h1-2,6-7,14-16H,3-5,8-13H2,(H,23,29)(H,24,30). The monoisotopic (exact) mass is 414 g/mol.